The lowest BCUT2D eigenvalue weighted by Gasteiger charge is -2.04. The van der Waals surface area contributed by atoms with Crippen LogP contribution in [0.3, 0.4) is 0 Å². The van der Waals surface area contributed by atoms with Gasteiger partial charge in [-0.25, -0.2) is 9.78 Å². The molecule has 2 rings (SSSR count). The van der Waals surface area contributed by atoms with Crippen LogP contribution in [0.4, 0.5) is 5.13 Å². The Bertz CT molecular complexity index is 437. The van der Waals surface area contributed by atoms with Crippen LogP contribution >= 0.6 is 11.3 Å². The molecule has 1 heterocycles. The molecule has 4 nitrogen and oxygen atoms in total. The van der Waals surface area contributed by atoms with Crippen LogP contribution in [-0.4, -0.2) is 22.6 Å². The first-order valence-corrected chi connectivity index (χ1v) is 6.51. The van der Waals surface area contributed by atoms with Crippen molar-refractivity contribution in [1.82, 2.24) is 4.98 Å². The molecule has 1 aliphatic carbocycles. The zero-order valence-corrected chi connectivity index (χ0v) is 11.4. The first-order valence-electron chi connectivity index (χ1n) is 5.70. The Hall–Kier alpha value is -1.10. The maximum Gasteiger partial charge on any atom is 0.347 e. The van der Waals surface area contributed by atoms with Crippen LogP contribution in [0.25, 0.3) is 0 Å². The lowest BCUT2D eigenvalue weighted by molar-refractivity contribution is 0.0702. The summed E-state index contributed by atoms with van der Waals surface area (Å²) >= 11 is 1.19. The molecule has 0 radical (unpaired) electrons. The van der Waals surface area contributed by atoms with E-state index in [0.29, 0.717) is 21.9 Å². The second-order valence-electron chi connectivity index (χ2n) is 5.71. The molecular weight excluding hydrogens is 236 g/mol. The van der Waals surface area contributed by atoms with Crippen LogP contribution in [0.2, 0.25) is 0 Å². The van der Waals surface area contributed by atoms with Gasteiger partial charge < -0.3 is 10.4 Å². The number of aromatic nitrogens is 1. The van der Waals surface area contributed by atoms with Crippen LogP contribution in [0, 0.1) is 16.7 Å². The maximum absolute atomic E-state index is 10.7. The van der Waals surface area contributed by atoms with Gasteiger partial charge in [0, 0.05) is 6.54 Å². The molecule has 0 spiro atoms. The molecule has 0 amide bonds. The van der Waals surface area contributed by atoms with E-state index in [1.807, 2.05) is 0 Å². The molecule has 2 N–H and O–H groups in total. The monoisotopic (exact) mass is 254 g/mol. The summed E-state index contributed by atoms with van der Waals surface area (Å²) in [5.74, 6) is -0.310. The molecule has 0 bridgehead atoms. The van der Waals surface area contributed by atoms with Crippen LogP contribution in [-0.2, 0) is 0 Å². The number of nitrogens with zero attached hydrogens (tertiary/aromatic N) is 1. The summed E-state index contributed by atoms with van der Waals surface area (Å²) < 4.78 is 0. The number of carbonyl (C=O) groups is 1. The van der Waals surface area contributed by atoms with E-state index in [0.717, 1.165) is 6.54 Å². The van der Waals surface area contributed by atoms with Gasteiger partial charge in [0.2, 0.25) is 0 Å². The second kappa shape index (κ2) is 3.70. The van der Waals surface area contributed by atoms with E-state index in [9.17, 15) is 4.79 Å². The number of aromatic carboxylic acids is 1. The van der Waals surface area contributed by atoms with Gasteiger partial charge in [-0.1, -0.05) is 39.0 Å². The van der Waals surface area contributed by atoms with Crippen molar-refractivity contribution in [2.45, 2.75) is 27.7 Å². The minimum absolute atomic E-state index is 0.279. The molecule has 0 atom stereocenters. The van der Waals surface area contributed by atoms with Crippen molar-refractivity contribution in [3.8, 4) is 0 Å². The number of hydrogen-bond donors (Lipinski definition) is 2. The van der Waals surface area contributed by atoms with Gasteiger partial charge in [0.15, 0.2) is 5.13 Å². The average molecular weight is 254 g/mol. The van der Waals surface area contributed by atoms with Gasteiger partial charge in [-0.15, -0.1) is 0 Å². The highest BCUT2D eigenvalue weighted by Gasteiger charge is 2.64. The average Bonchev–Trinajstić information content (AvgIpc) is 2.58. The first kappa shape index (κ1) is 12.4. The number of carboxylic acids is 1. The minimum atomic E-state index is -0.914. The number of carboxylic acid groups (broad SMARTS) is 1. The van der Waals surface area contributed by atoms with Crippen molar-refractivity contribution in [1.29, 1.82) is 0 Å². The van der Waals surface area contributed by atoms with E-state index >= 15 is 0 Å². The molecule has 1 aliphatic rings. The Morgan fingerprint density at radius 2 is 2.06 bits per heavy atom. The maximum atomic E-state index is 10.7. The van der Waals surface area contributed by atoms with Crippen LogP contribution in [0.1, 0.15) is 37.4 Å². The summed E-state index contributed by atoms with van der Waals surface area (Å²) in [5, 5.41) is 12.7. The standard InChI is InChI=1S/C12H18N2O2S/c1-11(2)8(12(11,3)4)6-14-10-13-5-7(17-10)9(15)16/h5,8H,6H2,1-4H3,(H,13,14)(H,15,16). The zero-order chi connectivity index (χ0) is 12.8. The van der Waals surface area contributed by atoms with Gasteiger partial charge in [0.05, 0.1) is 6.20 Å². The Balaban J connectivity index is 1.93. The predicted molar refractivity (Wildman–Crippen MR) is 68.6 cm³/mol. The van der Waals surface area contributed by atoms with Gasteiger partial charge in [0.25, 0.3) is 0 Å². The molecule has 1 aromatic heterocycles. The van der Waals surface area contributed by atoms with Crippen LogP contribution in [0.5, 0.6) is 0 Å². The number of hydrogen-bond acceptors (Lipinski definition) is 4. The van der Waals surface area contributed by atoms with Crippen molar-refractivity contribution < 1.29 is 9.90 Å². The molecule has 1 fully saturated rings. The van der Waals surface area contributed by atoms with Gasteiger partial charge in [-0.3, -0.25) is 0 Å². The third kappa shape index (κ3) is 1.92. The summed E-state index contributed by atoms with van der Waals surface area (Å²) in [7, 11) is 0. The molecule has 0 saturated heterocycles. The molecule has 0 aromatic carbocycles. The number of nitrogens with one attached hydrogen (secondary N) is 1. The Labute approximate surface area is 105 Å². The van der Waals surface area contributed by atoms with Crippen LogP contribution < -0.4 is 5.32 Å². The van der Waals surface area contributed by atoms with E-state index in [4.69, 9.17) is 5.11 Å². The Morgan fingerprint density at radius 3 is 2.47 bits per heavy atom. The van der Waals surface area contributed by atoms with E-state index in [1.165, 1.54) is 17.5 Å². The number of rotatable bonds is 4. The summed E-state index contributed by atoms with van der Waals surface area (Å²) in [5.41, 5.74) is 0.680. The third-order valence-electron chi connectivity index (χ3n) is 4.49. The minimum Gasteiger partial charge on any atom is -0.477 e. The quantitative estimate of drug-likeness (QED) is 0.867. The first-order chi connectivity index (χ1) is 7.76. The topological polar surface area (TPSA) is 62.2 Å². The lowest BCUT2D eigenvalue weighted by Crippen LogP contribution is -2.07. The van der Waals surface area contributed by atoms with Crippen molar-refractivity contribution in [2.75, 3.05) is 11.9 Å². The van der Waals surface area contributed by atoms with Crippen molar-refractivity contribution in [2.24, 2.45) is 16.7 Å². The van der Waals surface area contributed by atoms with Gasteiger partial charge in [-0.2, -0.15) is 0 Å². The largest absolute Gasteiger partial charge is 0.477 e. The molecule has 1 saturated carbocycles. The fourth-order valence-corrected chi connectivity index (χ4v) is 3.15. The molecule has 0 unspecified atom stereocenters. The molecular formula is C12H18N2O2S. The molecule has 17 heavy (non-hydrogen) atoms. The number of anilines is 1. The highest BCUT2D eigenvalue weighted by Crippen LogP contribution is 2.68. The van der Waals surface area contributed by atoms with E-state index in [-0.39, 0.29) is 4.88 Å². The van der Waals surface area contributed by atoms with E-state index in [1.54, 1.807) is 0 Å². The lowest BCUT2D eigenvalue weighted by atomic mass is 10.0. The summed E-state index contributed by atoms with van der Waals surface area (Å²) in [6.45, 7) is 9.92. The summed E-state index contributed by atoms with van der Waals surface area (Å²) in [4.78, 5) is 15.1. The van der Waals surface area contributed by atoms with Crippen molar-refractivity contribution in [3.05, 3.63) is 11.1 Å². The zero-order valence-electron chi connectivity index (χ0n) is 10.6. The van der Waals surface area contributed by atoms with Crippen molar-refractivity contribution in [3.63, 3.8) is 0 Å². The van der Waals surface area contributed by atoms with E-state index < -0.39 is 5.97 Å². The Kier molecular flexibility index (Phi) is 2.69. The Morgan fingerprint density at radius 1 is 1.47 bits per heavy atom. The van der Waals surface area contributed by atoms with Gasteiger partial charge in [-0.05, 0) is 16.7 Å². The number of thiazole rings is 1. The highest BCUT2D eigenvalue weighted by atomic mass is 32.1. The molecule has 94 valence electrons. The second-order valence-corrected chi connectivity index (χ2v) is 6.74. The summed E-state index contributed by atoms with van der Waals surface area (Å²) in [6.07, 6.45) is 1.40. The van der Waals surface area contributed by atoms with Gasteiger partial charge >= 0.3 is 5.97 Å². The molecule has 0 aliphatic heterocycles. The normalized spacial score (nSPS) is 21.2. The highest BCUT2D eigenvalue weighted by molar-refractivity contribution is 7.17. The summed E-state index contributed by atoms with van der Waals surface area (Å²) in [6, 6.07) is 0. The fraction of sp³-hybridized carbons (Fsp3) is 0.667. The third-order valence-corrected chi connectivity index (χ3v) is 5.44. The van der Waals surface area contributed by atoms with Gasteiger partial charge in [0.1, 0.15) is 4.88 Å². The van der Waals surface area contributed by atoms with Crippen LogP contribution in [0.15, 0.2) is 6.20 Å². The smallest absolute Gasteiger partial charge is 0.347 e. The van der Waals surface area contributed by atoms with E-state index in [2.05, 4.69) is 38.0 Å². The molecule has 5 heteroatoms. The predicted octanol–water partition coefficient (Wildman–Crippen LogP) is 2.94. The molecule has 1 aromatic rings. The fourth-order valence-electron chi connectivity index (χ4n) is 2.49. The van der Waals surface area contributed by atoms with Crippen molar-refractivity contribution >= 4 is 22.4 Å². The SMILES string of the molecule is CC1(C)C(CNc2ncc(C(=O)O)s2)C1(C)C.